The third kappa shape index (κ3) is 128. The molecule has 8 nitrogen and oxygen atoms in total. The van der Waals surface area contributed by atoms with E-state index in [-0.39, 0.29) is 0 Å². The Morgan fingerprint density at radius 2 is 0.933 bits per heavy atom. The van der Waals surface area contributed by atoms with Gasteiger partial charge in [-0.05, 0) is 12.8 Å². The normalized spacial score (nSPS) is 10.3. The molecule has 0 aromatic heterocycles. The second-order valence-electron chi connectivity index (χ2n) is 2.29. The van der Waals surface area contributed by atoms with Crippen LogP contribution in [0.2, 0.25) is 0 Å². The van der Waals surface area contributed by atoms with Gasteiger partial charge in [0.15, 0.2) is 12.6 Å². The van der Waals surface area contributed by atoms with Gasteiger partial charge in [0.2, 0.25) is 0 Å². The molecule has 0 unspecified atom stereocenters. The van der Waals surface area contributed by atoms with E-state index in [9.17, 15) is 0 Å². The van der Waals surface area contributed by atoms with Crippen molar-refractivity contribution in [3.05, 3.63) is 0 Å². The second kappa shape index (κ2) is 12.0. The fraction of sp³-hybridized carbons (Fsp3) is 1.00. The Hall–Kier alpha value is -0.0500. The molecule has 0 aliphatic heterocycles. The highest BCUT2D eigenvalue weighted by Crippen LogP contribution is 2.25. The Balaban J connectivity index is -0.000000144. The van der Waals surface area contributed by atoms with Gasteiger partial charge >= 0.3 is 7.82 Å². The standard InChI is InChI=1S/2C3H8O2.H3O4P/c2*1-2-3(4)5;1-5(2,3)4/h2*3-5H,2H2,1H3;(H3,1,2,3,4). The summed E-state index contributed by atoms with van der Waals surface area (Å²) < 4.78 is 8.88. The largest absolute Gasteiger partial charge is 0.466 e. The predicted octanol–water partition coefficient (Wildman–Crippen LogP) is -1.51. The molecule has 9 heteroatoms. The van der Waals surface area contributed by atoms with Crippen molar-refractivity contribution in [3.63, 3.8) is 0 Å². The average molecular weight is 250 g/mol. The quantitative estimate of drug-likeness (QED) is 0.230. The van der Waals surface area contributed by atoms with Gasteiger partial charge in [-0.1, -0.05) is 13.8 Å². The van der Waals surface area contributed by atoms with Gasteiger partial charge in [0, 0.05) is 0 Å². The molecule has 0 atom stereocenters. The number of aliphatic hydroxyl groups is 4. The van der Waals surface area contributed by atoms with Crippen LogP contribution < -0.4 is 0 Å². The fourth-order valence-electron chi connectivity index (χ4n) is 0. The minimum absolute atomic E-state index is 0.417. The number of aliphatic hydroxyl groups excluding tert-OH is 2. The molecule has 0 rings (SSSR count). The number of rotatable bonds is 2. The third-order valence-electron chi connectivity index (χ3n) is 0.730. The molecule has 7 N–H and O–H groups in total. The van der Waals surface area contributed by atoms with Crippen molar-refractivity contribution in [3.8, 4) is 0 Å². The van der Waals surface area contributed by atoms with E-state index in [1.54, 1.807) is 13.8 Å². The van der Waals surface area contributed by atoms with Crippen molar-refractivity contribution in [2.24, 2.45) is 0 Å². The molecule has 96 valence electrons. The van der Waals surface area contributed by atoms with Crippen LogP contribution in [-0.4, -0.2) is 47.7 Å². The molecule has 0 saturated heterocycles. The van der Waals surface area contributed by atoms with Crippen LogP contribution in [0.4, 0.5) is 0 Å². The molecular weight excluding hydrogens is 231 g/mol. The maximum absolute atomic E-state index is 8.88. The van der Waals surface area contributed by atoms with Crippen molar-refractivity contribution >= 4 is 7.82 Å². The first kappa shape index (κ1) is 20.4. The monoisotopic (exact) mass is 250 g/mol. The van der Waals surface area contributed by atoms with Gasteiger partial charge in [0.1, 0.15) is 0 Å². The Labute approximate surface area is 87.7 Å². The van der Waals surface area contributed by atoms with E-state index in [0.29, 0.717) is 12.8 Å². The molecular formula is C6H19O8P. The van der Waals surface area contributed by atoms with E-state index in [1.807, 2.05) is 0 Å². The maximum atomic E-state index is 8.88. The topological polar surface area (TPSA) is 159 Å². The van der Waals surface area contributed by atoms with Crippen LogP contribution in [0.15, 0.2) is 0 Å². The van der Waals surface area contributed by atoms with Crippen LogP contribution in [0.3, 0.4) is 0 Å². The van der Waals surface area contributed by atoms with Crippen LogP contribution in [0.5, 0.6) is 0 Å². The zero-order valence-electron chi connectivity index (χ0n) is 8.55. The van der Waals surface area contributed by atoms with Gasteiger partial charge in [0.05, 0.1) is 0 Å². The van der Waals surface area contributed by atoms with Crippen LogP contribution in [0.1, 0.15) is 26.7 Å². The lowest BCUT2D eigenvalue weighted by Crippen LogP contribution is -1.99. The smallest absolute Gasteiger partial charge is 0.368 e. The minimum atomic E-state index is -4.64. The molecule has 0 aromatic carbocycles. The minimum Gasteiger partial charge on any atom is -0.368 e. The van der Waals surface area contributed by atoms with Gasteiger partial charge in [-0.15, -0.1) is 0 Å². The number of hydrogen-bond donors (Lipinski definition) is 7. The van der Waals surface area contributed by atoms with E-state index in [4.69, 9.17) is 39.7 Å². The Bertz CT molecular complexity index is 137. The highest BCUT2D eigenvalue weighted by atomic mass is 31.2. The zero-order chi connectivity index (χ0) is 13.1. The maximum Gasteiger partial charge on any atom is 0.466 e. The van der Waals surface area contributed by atoms with Crippen molar-refractivity contribution < 1.29 is 39.7 Å². The summed E-state index contributed by atoms with van der Waals surface area (Å²) in [5, 5.41) is 31.7. The summed E-state index contributed by atoms with van der Waals surface area (Å²) in [6.07, 6.45) is -1.40. The van der Waals surface area contributed by atoms with E-state index < -0.39 is 20.4 Å². The summed E-state index contributed by atoms with van der Waals surface area (Å²) >= 11 is 0. The molecule has 0 aromatic rings. The van der Waals surface area contributed by atoms with Gasteiger partial charge in [0.25, 0.3) is 0 Å². The van der Waals surface area contributed by atoms with Gasteiger partial charge in [-0.2, -0.15) is 0 Å². The molecule has 0 saturated carbocycles. The highest BCUT2D eigenvalue weighted by molar-refractivity contribution is 7.45. The van der Waals surface area contributed by atoms with E-state index in [0.717, 1.165) is 0 Å². The summed E-state index contributed by atoms with van der Waals surface area (Å²) in [7, 11) is -4.64. The molecule has 0 spiro atoms. The first-order valence-electron chi connectivity index (χ1n) is 4.05. The predicted molar refractivity (Wildman–Crippen MR) is 51.3 cm³/mol. The van der Waals surface area contributed by atoms with Crippen LogP contribution in [0, 0.1) is 0 Å². The first-order chi connectivity index (χ1) is 6.54. The van der Waals surface area contributed by atoms with Crippen molar-refractivity contribution in [1.82, 2.24) is 0 Å². The van der Waals surface area contributed by atoms with Crippen LogP contribution in [-0.2, 0) is 4.57 Å². The molecule has 0 amide bonds. The van der Waals surface area contributed by atoms with Crippen molar-refractivity contribution in [1.29, 1.82) is 0 Å². The van der Waals surface area contributed by atoms with Crippen LogP contribution >= 0.6 is 7.82 Å². The highest BCUT2D eigenvalue weighted by Gasteiger charge is 2.00. The van der Waals surface area contributed by atoms with Crippen molar-refractivity contribution in [2.75, 3.05) is 0 Å². The summed E-state index contributed by atoms with van der Waals surface area (Å²) in [5.41, 5.74) is 0. The molecule has 0 heterocycles. The second-order valence-corrected chi connectivity index (χ2v) is 3.32. The number of phosphoric acid groups is 1. The Morgan fingerprint density at radius 3 is 0.933 bits per heavy atom. The molecule has 0 fully saturated rings. The zero-order valence-corrected chi connectivity index (χ0v) is 9.45. The van der Waals surface area contributed by atoms with E-state index in [1.165, 1.54) is 0 Å². The Kier molecular flexibility index (Phi) is 16.3. The molecule has 0 radical (unpaired) electrons. The van der Waals surface area contributed by atoms with Gasteiger partial charge in [-0.3, -0.25) is 0 Å². The number of hydrogen-bond acceptors (Lipinski definition) is 5. The lowest BCUT2D eigenvalue weighted by molar-refractivity contribution is -0.0420. The van der Waals surface area contributed by atoms with E-state index >= 15 is 0 Å². The van der Waals surface area contributed by atoms with Gasteiger partial charge < -0.3 is 35.1 Å². The summed E-state index contributed by atoms with van der Waals surface area (Å²) in [5.74, 6) is 0. The van der Waals surface area contributed by atoms with Crippen LogP contribution in [0.25, 0.3) is 0 Å². The van der Waals surface area contributed by atoms with E-state index in [2.05, 4.69) is 0 Å². The molecule has 0 aliphatic rings. The fourth-order valence-corrected chi connectivity index (χ4v) is 0. The third-order valence-corrected chi connectivity index (χ3v) is 0.730. The summed E-state index contributed by atoms with van der Waals surface area (Å²) in [6, 6.07) is 0. The first-order valence-corrected chi connectivity index (χ1v) is 5.61. The molecule has 0 bridgehead atoms. The van der Waals surface area contributed by atoms with Gasteiger partial charge in [-0.25, -0.2) is 4.57 Å². The van der Waals surface area contributed by atoms with Crippen molar-refractivity contribution in [2.45, 2.75) is 39.3 Å². The lowest BCUT2D eigenvalue weighted by atomic mass is 10.5. The molecule has 0 aliphatic carbocycles. The average Bonchev–Trinajstić information content (AvgIpc) is 2.02. The SMILES string of the molecule is CCC(O)O.CCC(O)O.O=P(O)(O)O. The molecule has 15 heavy (non-hydrogen) atoms. The Morgan fingerprint density at radius 1 is 0.867 bits per heavy atom. The summed E-state index contributed by atoms with van der Waals surface area (Å²) in [4.78, 5) is 21.6. The summed E-state index contributed by atoms with van der Waals surface area (Å²) in [6.45, 7) is 3.40. The lowest BCUT2D eigenvalue weighted by Gasteiger charge is -1.90.